The predicted octanol–water partition coefficient (Wildman–Crippen LogP) is 6.74. The molecule has 0 radical (unpaired) electrons. The average Bonchev–Trinajstić information content (AvgIpc) is 2.74. The van der Waals surface area contributed by atoms with Gasteiger partial charge in [0.05, 0.1) is 0 Å². The Morgan fingerprint density at radius 1 is 0.667 bits per heavy atom. The number of hydrogen-bond acceptors (Lipinski definition) is 3. The van der Waals surface area contributed by atoms with Gasteiger partial charge in [0.2, 0.25) is 0 Å². The minimum absolute atomic E-state index is 0.0240. The van der Waals surface area contributed by atoms with Crippen LogP contribution in [0.3, 0.4) is 0 Å². The molecule has 3 heteroatoms. The summed E-state index contributed by atoms with van der Waals surface area (Å²) < 4.78 is 6.00. The maximum absolute atomic E-state index is 11.0. The molecule has 0 aliphatic heterocycles. The number of benzene rings is 3. The third-order valence-electron chi connectivity index (χ3n) is 4.78. The molecule has 30 heavy (non-hydrogen) atoms. The monoisotopic (exact) mass is 398 g/mol. The molecule has 0 bridgehead atoms. The van der Waals surface area contributed by atoms with Gasteiger partial charge in [-0.15, -0.1) is 19.7 Å². The van der Waals surface area contributed by atoms with Gasteiger partial charge >= 0.3 is 0 Å². The molecule has 0 heterocycles. The van der Waals surface area contributed by atoms with Crippen molar-refractivity contribution in [1.29, 1.82) is 0 Å². The number of aromatic hydroxyl groups is 2. The first-order chi connectivity index (χ1) is 14.5. The third kappa shape index (κ3) is 4.81. The zero-order valence-corrected chi connectivity index (χ0v) is 17.0. The Balaban J connectivity index is 2.05. The van der Waals surface area contributed by atoms with E-state index in [4.69, 9.17) is 4.74 Å². The number of phenolic OH excluding ortho intramolecular Hbond substituents is 2. The summed E-state index contributed by atoms with van der Waals surface area (Å²) in [5, 5.41) is 21.4. The Morgan fingerprint density at radius 2 is 1.23 bits per heavy atom. The molecule has 3 nitrogen and oxygen atoms in total. The first-order valence-electron chi connectivity index (χ1n) is 9.83. The van der Waals surface area contributed by atoms with Crippen LogP contribution in [0.25, 0.3) is 11.1 Å². The topological polar surface area (TPSA) is 49.7 Å². The fourth-order valence-corrected chi connectivity index (χ4v) is 3.31. The summed E-state index contributed by atoms with van der Waals surface area (Å²) >= 11 is 0. The number of ether oxygens (including phenoxy) is 1. The van der Waals surface area contributed by atoms with E-state index in [0.717, 1.165) is 23.1 Å². The predicted molar refractivity (Wildman–Crippen MR) is 123 cm³/mol. The van der Waals surface area contributed by atoms with E-state index < -0.39 is 0 Å². The third-order valence-corrected chi connectivity index (χ3v) is 4.78. The first kappa shape index (κ1) is 21.0. The van der Waals surface area contributed by atoms with Crippen LogP contribution in [0.1, 0.15) is 16.7 Å². The summed E-state index contributed by atoms with van der Waals surface area (Å²) in [7, 11) is 0. The highest BCUT2D eigenvalue weighted by molar-refractivity contribution is 5.79. The van der Waals surface area contributed by atoms with Crippen molar-refractivity contribution in [3.8, 4) is 34.1 Å². The Labute approximate surface area is 177 Å². The molecule has 3 aromatic carbocycles. The van der Waals surface area contributed by atoms with Crippen LogP contribution >= 0.6 is 0 Å². The fourth-order valence-electron chi connectivity index (χ4n) is 3.31. The van der Waals surface area contributed by atoms with Crippen LogP contribution < -0.4 is 4.74 Å². The van der Waals surface area contributed by atoms with Gasteiger partial charge in [0.15, 0.2) is 11.5 Å². The van der Waals surface area contributed by atoms with E-state index >= 15 is 0 Å². The van der Waals surface area contributed by atoms with Crippen molar-refractivity contribution in [3.63, 3.8) is 0 Å². The summed E-state index contributed by atoms with van der Waals surface area (Å²) in [6.07, 6.45) is 7.49. The fraction of sp³-hybridized carbons (Fsp3) is 0.111. The molecular formula is C27H26O3. The van der Waals surface area contributed by atoms with Gasteiger partial charge in [-0.25, -0.2) is 0 Å². The van der Waals surface area contributed by atoms with E-state index in [9.17, 15) is 10.2 Å². The van der Waals surface area contributed by atoms with Crippen molar-refractivity contribution >= 4 is 0 Å². The molecule has 0 aromatic heterocycles. The molecule has 0 saturated heterocycles. The zero-order valence-electron chi connectivity index (χ0n) is 17.0. The van der Waals surface area contributed by atoms with E-state index in [2.05, 4.69) is 19.7 Å². The van der Waals surface area contributed by atoms with Crippen molar-refractivity contribution < 1.29 is 14.9 Å². The van der Waals surface area contributed by atoms with Gasteiger partial charge in [-0.2, -0.15) is 0 Å². The Hall–Kier alpha value is -3.72. The van der Waals surface area contributed by atoms with Crippen molar-refractivity contribution in [2.75, 3.05) is 0 Å². The van der Waals surface area contributed by atoms with Crippen LogP contribution in [0.15, 0.2) is 92.6 Å². The van der Waals surface area contributed by atoms with Crippen molar-refractivity contribution in [3.05, 3.63) is 109 Å². The average molecular weight is 399 g/mol. The number of rotatable bonds is 9. The molecule has 3 aromatic rings. The number of hydrogen-bond donors (Lipinski definition) is 2. The molecule has 0 saturated carbocycles. The lowest BCUT2D eigenvalue weighted by atomic mass is 9.96. The van der Waals surface area contributed by atoms with Crippen LogP contribution in [-0.4, -0.2) is 10.2 Å². The van der Waals surface area contributed by atoms with Gasteiger partial charge in [-0.05, 0) is 72.4 Å². The van der Waals surface area contributed by atoms with Gasteiger partial charge in [-0.1, -0.05) is 36.4 Å². The van der Waals surface area contributed by atoms with E-state index in [1.54, 1.807) is 24.3 Å². The highest BCUT2D eigenvalue weighted by atomic mass is 16.5. The second kappa shape index (κ2) is 9.66. The van der Waals surface area contributed by atoms with Crippen LogP contribution in [0.4, 0.5) is 0 Å². The Bertz CT molecular complexity index is 1060. The molecule has 0 unspecified atom stereocenters. The van der Waals surface area contributed by atoms with E-state index in [1.165, 1.54) is 0 Å². The second-order valence-corrected chi connectivity index (χ2v) is 7.07. The van der Waals surface area contributed by atoms with E-state index in [0.29, 0.717) is 35.5 Å². The molecule has 3 rings (SSSR count). The number of allylic oxidation sites excluding steroid dienone is 3. The molecule has 0 atom stereocenters. The second-order valence-electron chi connectivity index (χ2n) is 7.07. The smallest absolute Gasteiger partial charge is 0.169 e. The van der Waals surface area contributed by atoms with Gasteiger partial charge in [0, 0.05) is 11.1 Å². The van der Waals surface area contributed by atoms with Gasteiger partial charge in [0.1, 0.15) is 11.5 Å². The molecule has 0 amide bonds. The summed E-state index contributed by atoms with van der Waals surface area (Å²) in [5.41, 5.74) is 4.10. The summed E-state index contributed by atoms with van der Waals surface area (Å²) in [6.45, 7) is 11.3. The maximum atomic E-state index is 11.0. The van der Waals surface area contributed by atoms with Crippen molar-refractivity contribution in [2.24, 2.45) is 0 Å². The van der Waals surface area contributed by atoms with Crippen LogP contribution in [0, 0.1) is 0 Å². The SMILES string of the molecule is C=CCc1ccc(Oc2cc(CC=C)cc(-c3cc(CC=C)ccc3O)c2O)cc1. The lowest BCUT2D eigenvalue weighted by Gasteiger charge is -2.15. The van der Waals surface area contributed by atoms with Gasteiger partial charge in [-0.3, -0.25) is 0 Å². The minimum Gasteiger partial charge on any atom is -0.507 e. The highest BCUT2D eigenvalue weighted by Gasteiger charge is 2.17. The summed E-state index contributed by atoms with van der Waals surface area (Å²) in [6, 6.07) is 16.6. The van der Waals surface area contributed by atoms with Crippen LogP contribution in [-0.2, 0) is 19.3 Å². The molecule has 2 N–H and O–H groups in total. The van der Waals surface area contributed by atoms with E-state index in [-0.39, 0.29) is 11.5 Å². The van der Waals surface area contributed by atoms with Crippen molar-refractivity contribution in [1.82, 2.24) is 0 Å². The molecular weight excluding hydrogens is 372 g/mol. The molecule has 152 valence electrons. The normalized spacial score (nSPS) is 10.4. The maximum Gasteiger partial charge on any atom is 0.169 e. The first-order valence-corrected chi connectivity index (χ1v) is 9.83. The summed E-state index contributed by atoms with van der Waals surface area (Å²) in [4.78, 5) is 0. The van der Waals surface area contributed by atoms with Crippen molar-refractivity contribution in [2.45, 2.75) is 19.3 Å². The summed E-state index contributed by atoms with van der Waals surface area (Å²) in [5.74, 6) is 1.01. The highest BCUT2D eigenvalue weighted by Crippen LogP contribution is 2.43. The van der Waals surface area contributed by atoms with Gasteiger partial charge < -0.3 is 14.9 Å². The van der Waals surface area contributed by atoms with Gasteiger partial charge in [0.25, 0.3) is 0 Å². The Kier molecular flexibility index (Phi) is 6.76. The molecule has 0 fully saturated rings. The molecule has 0 aliphatic carbocycles. The standard InChI is InChI=1S/C27H26O3/c1-4-7-19-10-13-22(14-11-19)30-26-18-21(9-6-3)17-24(27(26)29)23-16-20(8-5-2)12-15-25(23)28/h4-6,10-18,28-29H,1-3,7-9H2. The lowest BCUT2D eigenvalue weighted by molar-refractivity contribution is 0.411. The Morgan fingerprint density at radius 3 is 1.90 bits per heavy atom. The largest absolute Gasteiger partial charge is 0.507 e. The molecule has 0 spiro atoms. The zero-order chi connectivity index (χ0) is 21.5. The van der Waals surface area contributed by atoms with E-state index in [1.807, 2.05) is 48.5 Å². The molecule has 0 aliphatic rings. The lowest BCUT2D eigenvalue weighted by Crippen LogP contribution is -1.93. The van der Waals surface area contributed by atoms with Crippen LogP contribution in [0.5, 0.6) is 23.0 Å². The quantitative estimate of drug-likeness (QED) is 0.392. The minimum atomic E-state index is -0.0240. The number of phenols is 2. The van der Waals surface area contributed by atoms with Crippen LogP contribution in [0.2, 0.25) is 0 Å².